The highest BCUT2D eigenvalue weighted by Crippen LogP contribution is 2.28. The average Bonchev–Trinajstić information content (AvgIpc) is 2.28. The molecule has 0 aliphatic heterocycles. The number of nitrogens with one attached hydrogen (secondary N) is 1. The first-order chi connectivity index (χ1) is 9.18. The maximum absolute atomic E-state index is 14.1. The van der Waals surface area contributed by atoms with Crippen molar-refractivity contribution in [1.29, 1.82) is 0 Å². The number of halogens is 2. The molecule has 2 rings (SSSR count). The van der Waals surface area contributed by atoms with Gasteiger partial charge in [0.2, 0.25) is 10.0 Å². The van der Waals surface area contributed by atoms with Gasteiger partial charge in [0, 0.05) is 11.1 Å². The zero-order valence-corrected chi connectivity index (χ0v) is 12.3. The zero-order valence-electron chi connectivity index (χ0n) is 10.7. The van der Waals surface area contributed by atoms with Gasteiger partial charge in [0.25, 0.3) is 5.91 Å². The molecule has 0 heterocycles. The van der Waals surface area contributed by atoms with Gasteiger partial charge in [0.15, 0.2) is 5.82 Å². The Morgan fingerprint density at radius 2 is 2.05 bits per heavy atom. The molecule has 0 saturated heterocycles. The van der Waals surface area contributed by atoms with Crippen LogP contribution in [0.5, 0.6) is 0 Å². The lowest BCUT2D eigenvalue weighted by molar-refractivity contribution is 0.0891. The van der Waals surface area contributed by atoms with Gasteiger partial charge in [-0.25, -0.2) is 17.9 Å². The molecule has 0 atom stereocenters. The van der Waals surface area contributed by atoms with E-state index in [1.807, 2.05) is 6.92 Å². The van der Waals surface area contributed by atoms with Crippen molar-refractivity contribution in [3.05, 3.63) is 28.5 Å². The van der Waals surface area contributed by atoms with E-state index in [0.29, 0.717) is 5.92 Å². The lowest BCUT2D eigenvalue weighted by Gasteiger charge is -2.33. The van der Waals surface area contributed by atoms with Crippen LogP contribution < -0.4 is 10.5 Å². The van der Waals surface area contributed by atoms with E-state index >= 15 is 0 Å². The molecule has 1 aliphatic rings. The number of rotatable bonds is 3. The van der Waals surface area contributed by atoms with E-state index in [0.717, 1.165) is 25.0 Å². The van der Waals surface area contributed by atoms with Crippen LogP contribution in [0.4, 0.5) is 4.39 Å². The summed E-state index contributed by atoms with van der Waals surface area (Å²) in [7, 11) is -4.28. The second-order valence-corrected chi connectivity index (χ2v) is 7.02. The molecule has 1 aromatic carbocycles. The molecule has 1 aromatic rings. The Labute approximate surface area is 121 Å². The van der Waals surface area contributed by atoms with E-state index in [4.69, 9.17) is 16.7 Å². The van der Waals surface area contributed by atoms with E-state index in [-0.39, 0.29) is 11.1 Å². The van der Waals surface area contributed by atoms with Gasteiger partial charge in [-0.3, -0.25) is 4.79 Å². The van der Waals surface area contributed by atoms with Crippen LogP contribution in [0.25, 0.3) is 0 Å². The molecular formula is C12H14ClFN2O3S. The summed E-state index contributed by atoms with van der Waals surface area (Å²) < 4.78 is 36.6. The molecule has 1 aliphatic carbocycles. The molecule has 0 unspecified atom stereocenters. The van der Waals surface area contributed by atoms with E-state index in [1.165, 1.54) is 0 Å². The highest BCUT2D eigenvalue weighted by Gasteiger charge is 2.29. The number of carbonyl (C=O) groups excluding carboxylic acids is 1. The Morgan fingerprint density at radius 3 is 2.55 bits per heavy atom. The van der Waals surface area contributed by atoms with Crippen LogP contribution in [0.2, 0.25) is 5.02 Å². The molecule has 5 nitrogen and oxygen atoms in total. The van der Waals surface area contributed by atoms with E-state index in [2.05, 4.69) is 5.32 Å². The molecule has 8 heteroatoms. The number of nitrogens with two attached hydrogens (primary N) is 1. The maximum Gasteiger partial charge on any atom is 0.254 e. The molecule has 1 fully saturated rings. The van der Waals surface area contributed by atoms with Crippen molar-refractivity contribution < 1.29 is 17.6 Å². The fraction of sp³-hybridized carbons (Fsp3) is 0.417. The van der Waals surface area contributed by atoms with Gasteiger partial charge in [0.1, 0.15) is 4.90 Å². The highest BCUT2D eigenvalue weighted by atomic mass is 35.5. The number of hydrogen-bond donors (Lipinski definition) is 2. The van der Waals surface area contributed by atoms with Crippen molar-refractivity contribution in [2.75, 3.05) is 0 Å². The summed E-state index contributed by atoms with van der Waals surface area (Å²) in [6, 6.07) is 1.95. The number of primary sulfonamides is 1. The normalized spacial score (nSPS) is 22.2. The van der Waals surface area contributed by atoms with Crippen LogP contribution in [0.1, 0.15) is 30.1 Å². The van der Waals surface area contributed by atoms with Crippen LogP contribution in [0.3, 0.4) is 0 Å². The van der Waals surface area contributed by atoms with Crippen LogP contribution in [-0.4, -0.2) is 20.4 Å². The Bertz CT molecular complexity index is 657. The van der Waals surface area contributed by atoms with Gasteiger partial charge < -0.3 is 5.32 Å². The minimum Gasteiger partial charge on any atom is -0.349 e. The van der Waals surface area contributed by atoms with Crippen molar-refractivity contribution >= 4 is 27.5 Å². The van der Waals surface area contributed by atoms with Crippen LogP contribution in [0, 0.1) is 11.7 Å². The lowest BCUT2D eigenvalue weighted by Crippen LogP contribution is -2.43. The topological polar surface area (TPSA) is 89.3 Å². The summed E-state index contributed by atoms with van der Waals surface area (Å²) in [5.74, 6) is -1.35. The number of amides is 1. The van der Waals surface area contributed by atoms with Crippen molar-refractivity contribution in [1.82, 2.24) is 5.32 Å². The second-order valence-electron chi connectivity index (χ2n) is 5.06. The molecule has 110 valence electrons. The average molecular weight is 321 g/mol. The third-order valence-electron chi connectivity index (χ3n) is 3.26. The third kappa shape index (κ3) is 3.11. The predicted molar refractivity (Wildman–Crippen MR) is 72.4 cm³/mol. The lowest BCUT2D eigenvalue weighted by atomic mass is 9.82. The molecule has 0 aromatic heterocycles. The number of benzene rings is 1. The van der Waals surface area contributed by atoms with Gasteiger partial charge in [0.05, 0.1) is 5.56 Å². The Hall–Kier alpha value is -1.18. The van der Waals surface area contributed by atoms with E-state index in [9.17, 15) is 17.6 Å². The van der Waals surface area contributed by atoms with Gasteiger partial charge in [-0.05, 0) is 30.9 Å². The monoisotopic (exact) mass is 320 g/mol. The van der Waals surface area contributed by atoms with Gasteiger partial charge in [-0.2, -0.15) is 0 Å². The van der Waals surface area contributed by atoms with Crippen LogP contribution in [0.15, 0.2) is 17.0 Å². The van der Waals surface area contributed by atoms with Crippen molar-refractivity contribution in [2.24, 2.45) is 11.1 Å². The predicted octanol–water partition coefficient (Wildman–Crippen LogP) is 1.65. The first-order valence-electron chi connectivity index (χ1n) is 6.01. The molecule has 0 radical (unpaired) electrons. The van der Waals surface area contributed by atoms with E-state index < -0.39 is 32.2 Å². The molecule has 0 bridgehead atoms. The van der Waals surface area contributed by atoms with Crippen LogP contribution >= 0.6 is 11.6 Å². The smallest absolute Gasteiger partial charge is 0.254 e. The second kappa shape index (κ2) is 5.31. The number of carbonyl (C=O) groups is 1. The molecule has 0 spiro atoms. The van der Waals surface area contributed by atoms with Crippen molar-refractivity contribution in [3.63, 3.8) is 0 Å². The maximum atomic E-state index is 14.1. The van der Waals surface area contributed by atoms with Gasteiger partial charge in [-0.1, -0.05) is 18.5 Å². The summed E-state index contributed by atoms with van der Waals surface area (Å²) in [4.78, 5) is 11.2. The van der Waals surface area contributed by atoms with Crippen molar-refractivity contribution in [2.45, 2.75) is 30.7 Å². The molecule has 20 heavy (non-hydrogen) atoms. The standard InChI is InChI=1S/C12H14ClFN2O3S/c1-6-2-8(3-6)16-12(17)9-4-7(13)5-10(11(9)14)20(15,18)19/h4-6,8H,2-3H2,1H3,(H,16,17)(H2,15,18,19). The summed E-state index contributed by atoms with van der Waals surface area (Å²) in [5, 5.41) is 7.46. The minimum absolute atomic E-state index is 0.0196. The summed E-state index contributed by atoms with van der Waals surface area (Å²) in [5.41, 5.74) is -0.416. The Kier molecular flexibility index (Phi) is 4.04. The minimum atomic E-state index is -4.28. The highest BCUT2D eigenvalue weighted by molar-refractivity contribution is 7.89. The largest absolute Gasteiger partial charge is 0.349 e. The fourth-order valence-electron chi connectivity index (χ4n) is 2.22. The zero-order chi connectivity index (χ0) is 15.1. The molecular weight excluding hydrogens is 307 g/mol. The molecule has 1 saturated carbocycles. The third-order valence-corrected chi connectivity index (χ3v) is 4.39. The first kappa shape index (κ1) is 15.2. The summed E-state index contributed by atoms with van der Waals surface area (Å²) >= 11 is 5.71. The first-order valence-corrected chi connectivity index (χ1v) is 7.93. The number of hydrogen-bond acceptors (Lipinski definition) is 3. The fourth-order valence-corrected chi connectivity index (χ4v) is 3.15. The molecule has 3 N–H and O–H groups in total. The number of sulfonamides is 1. The van der Waals surface area contributed by atoms with E-state index in [1.54, 1.807) is 0 Å². The van der Waals surface area contributed by atoms with Crippen molar-refractivity contribution in [3.8, 4) is 0 Å². The Balaban J connectivity index is 2.32. The SMILES string of the molecule is CC1CC(NC(=O)c2cc(Cl)cc(S(N)(=O)=O)c2F)C1. The summed E-state index contributed by atoms with van der Waals surface area (Å²) in [6.45, 7) is 2.04. The quantitative estimate of drug-likeness (QED) is 0.887. The van der Waals surface area contributed by atoms with Crippen LogP contribution in [-0.2, 0) is 10.0 Å². The summed E-state index contributed by atoms with van der Waals surface area (Å²) in [6.07, 6.45) is 1.63. The van der Waals surface area contributed by atoms with Gasteiger partial charge >= 0.3 is 0 Å². The molecule has 1 amide bonds. The Morgan fingerprint density at radius 1 is 1.45 bits per heavy atom. The van der Waals surface area contributed by atoms with Gasteiger partial charge in [-0.15, -0.1) is 0 Å².